The molecule has 0 aliphatic carbocycles. The van der Waals surface area contributed by atoms with Crippen molar-refractivity contribution in [2.24, 2.45) is 0 Å². The Kier molecular flexibility index (Phi) is 3.98. The standard InChI is InChI=1S/C13H14N4O3S/c18-11(10-2-1-7-20-10)16-13-15-9(8-21-13)12(19)17-5-3-14-4-6-17/h1-2,7-8,14H,3-6H2,(H,15,16,18). The van der Waals surface area contributed by atoms with Crippen molar-refractivity contribution in [3.63, 3.8) is 0 Å². The van der Waals surface area contributed by atoms with Gasteiger partial charge in [0.05, 0.1) is 6.26 Å². The second-order valence-electron chi connectivity index (χ2n) is 4.51. The van der Waals surface area contributed by atoms with Crippen LogP contribution in [-0.2, 0) is 0 Å². The summed E-state index contributed by atoms with van der Waals surface area (Å²) in [5, 5.41) is 7.84. The average molecular weight is 306 g/mol. The lowest BCUT2D eigenvalue weighted by Gasteiger charge is -2.26. The van der Waals surface area contributed by atoms with E-state index in [0.29, 0.717) is 23.9 Å². The molecule has 2 amide bonds. The van der Waals surface area contributed by atoms with Crippen LogP contribution in [0.1, 0.15) is 21.0 Å². The van der Waals surface area contributed by atoms with Crippen LogP contribution >= 0.6 is 11.3 Å². The number of anilines is 1. The van der Waals surface area contributed by atoms with Crippen molar-refractivity contribution in [1.82, 2.24) is 15.2 Å². The molecular formula is C13H14N4O3S. The Bertz CT molecular complexity index is 632. The second kappa shape index (κ2) is 6.06. The van der Waals surface area contributed by atoms with Crippen molar-refractivity contribution in [1.29, 1.82) is 0 Å². The van der Waals surface area contributed by atoms with Gasteiger partial charge < -0.3 is 14.6 Å². The zero-order chi connectivity index (χ0) is 14.7. The third kappa shape index (κ3) is 3.11. The minimum absolute atomic E-state index is 0.105. The van der Waals surface area contributed by atoms with E-state index in [2.05, 4.69) is 15.6 Å². The Morgan fingerprint density at radius 2 is 2.19 bits per heavy atom. The van der Waals surface area contributed by atoms with Crippen molar-refractivity contribution < 1.29 is 14.0 Å². The molecule has 0 unspecified atom stereocenters. The average Bonchev–Trinajstić information content (AvgIpc) is 3.19. The zero-order valence-electron chi connectivity index (χ0n) is 11.2. The molecule has 1 saturated heterocycles. The van der Waals surface area contributed by atoms with Gasteiger partial charge in [-0.25, -0.2) is 4.98 Å². The highest BCUT2D eigenvalue weighted by molar-refractivity contribution is 7.14. The molecule has 7 nitrogen and oxygen atoms in total. The molecule has 3 rings (SSSR count). The maximum absolute atomic E-state index is 12.2. The lowest BCUT2D eigenvalue weighted by Crippen LogP contribution is -2.46. The summed E-state index contributed by atoms with van der Waals surface area (Å²) in [4.78, 5) is 30.0. The topological polar surface area (TPSA) is 87.5 Å². The first-order valence-corrected chi connectivity index (χ1v) is 7.42. The molecule has 0 aromatic carbocycles. The molecule has 8 heteroatoms. The number of furan rings is 1. The van der Waals surface area contributed by atoms with Gasteiger partial charge in [-0.15, -0.1) is 11.3 Å². The van der Waals surface area contributed by atoms with E-state index in [1.165, 1.54) is 17.6 Å². The monoisotopic (exact) mass is 306 g/mol. The fraction of sp³-hybridized carbons (Fsp3) is 0.308. The van der Waals surface area contributed by atoms with Crippen molar-refractivity contribution in [2.45, 2.75) is 0 Å². The first-order valence-electron chi connectivity index (χ1n) is 6.54. The number of aromatic nitrogens is 1. The van der Waals surface area contributed by atoms with E-state index in [9.17, 15) is 9.59 Å². The van der Waals surface area contributed by atoms with Crippen LogP contribution in [0.3, 0.4) is 0 Å². The number of piperazine rings is 1. The molecule has 1 aliphatic heterocycles. The Hall–Kier alpha value is -2.19. The molecule has 0 radical (unpaired) electrons. The highest BCUT2D eigenvalue weighted by atomic mass is 32.1. The van der Waals surface area contributed by atoms with Gasteiger partial charge in [0.25, 0.3) is 11.8 Å². The SMILES string of the molecule is O=C(Nc1nc(C(=O)N2CCNCC2)cs1)c1ccco1. The van der Waals surface area contributed by atoms with Crippen LogP contribution in [0.25, 0.3) is 0 Å². The van der Waals surface area contributed by atoms with Crippen LogP contribution in [0.5, 0.6) is 0 Å². The minimum atomic E-state index is -0.379. The summed E-state index contributed by atoms with van der Waals surface area (Å²) in [6, 6.07) is 3.20. The molecule has 2 aromatic heterocycles. The highest BCUT2D eigenvalue weighted by Crippen LogP contribution is 2.18. The van der Waals surface area contributed by atoms with Gasteiger partial charge in [0.1, 0.15) is 5.69 Å². The van der Waals surface area contributed by atoms with Crippen molar-refractivity contribution in [3.05, 3.63) is 35.2 Å². The van der Waals surface area contributed by atoms with Crippen LogP contribution in [0.4, 0.5) is 5.13 Å². The van der Waals surface area contributed by atoms with E-state index >= 15 is 0 Å². The number of nitrogens with one attached hydrogen (secondary N) is 2. The van der Waals surface area contributed by atoms with Crippen LogP contribution in [0, 0.1) is 0 Å². The molecule has 110 valence electrons. The minimum Gasteiger partial charge on any atom is -0.459 e. The molecule has 0 bridgehead atoms. The zero-order valence-corrected chi connectivity index (χ0v) is 12.0. The summed E-state index contributed by atoms with van der Waals surface area (Å²) < 4.78 is 5.00. The highest BCUT2D eigenvalue weighted by Gasteiger charge is 2.21. The van der Waals surface area contributed by atoms with Gasteiger partial charge in [-0.2, -0.15) is 0 Å². The third-order valence-electron chi connectivity index (χ3n) is 3.09. The molecule has 0 saturated carbocycles. The van der Waals surface area contributed by atoms with Gasteiger partial charge in [-0.3, -0.25) is 14.9 Å². The molecule has 21 heavy (non-hydrogen) atoms. The lowest BCUT2D eigenvalue weighted by atomic mass is 10.3. The number of nitrogens with zero attached hydrogens (tertiary/aromatic N) is 2. The number of rotatable bonds is 3. The summed E-state index contributed by atoms with van der Waals surface area (Å²) >= 11 is 1.22. The van der Waals surface area contributed by atoms with E-state index in [1.54, 1.807) is 22.4 Å². The molecule has 0 spiro atoms. The first kappa shape index (κ1) is 13.8. The van der Waals surface area contributed by atoms with E-state index in [1.807, 2.05) is 0 Å². The molecule has 1 fully saturated rings. The lowest BCUT2D eigenvalue weighted by molar-refractivity contribution is 0.0730. The Balaban J connectivity index is 1.65. The van der Waals surface area contributed by atoms with E-state index in [4.69, 9.17) is 4.42 Å². The number of hydrogen-bond acceptors (Lipinski definition) is 6. The number of carbonyl (C=O) groups excluding carboxylic acids is 2. The number of hydrogen-bond donors (Lipinski definition) is 2. The predicted octanol–water partition coefficient (Wildman–Crippen LogP) is 1.03. The summed E-state index contributed by atoms with van der Waals surface area (Å²) in [6.45, 7) is 2.92. The van der Waals surface area contributed by atoms with Gasteiger partial charge in [-0.05, 0) is 12.1 Å². The van der Waals surface area contributed by atoms with Gasteiger partial charge in [-0.1, -0.05) is 0 Å². The van der Waals surface area contributed by atoms with Crippen LogP contribution < -0.4 is 10.6 Å². The van der Waals surface area contributed by atoms with Gasteiger partial charge in [0.15, 0.2) is 10.9 Å². The Labute approximate surface area is 125 Å². The van der Waals surface area contributed by atoms with Crippen LogP contribution in [0.2, 0.25) is 0 Å². The van der Waals surface area contributed by atoms with Gasteiger partial charge in [0, 0.05) is 31.6 Å². The number of carbonyl (C=O) groups is 2. The Morgan fingerprint density at radius 1 is 1.38 bits per heavy atom. The predicted molar refractivity (Wildman–Crippen MR) is 77.5 cm³/mol. The van der Waals surface area contributed by atoms with Gasteiger partial charge >= 0.3 is 0 Å². The van der Waals surface area contributed by atoms with Crippen LogP contribution in [-0.4, -0.2) is 47.9 Å². The largest absolute Gasteiger partial charge is 0.459 e. The van der Waals surface area contributed by atoms with E-state index in [0.717, 1.165) is 13.1 Å². The van der Waals surface area contributed by atoms with E-state index < -0.39 is 0 Å². The third-order valence-corrected chi connectivity index (χ3v) is 3.85. The molecule has 1 aliphatic rings. The smallest absolute Gasteiger partial charge is 0.293 e. The molecule has 0 atom stereocenters. The summed E-state index contributed by atoms with van der Waals surface area (Å²) in [7, 11) is 0. The summed E-state index contributed by atoms with van der Waals surface area (Å²) in [5.74, 6) is -0.276. The maximum Gasteiger partial charge on any atom is 0.293 e. The van der Waals surface area contributed by atoms with E-state index in [-0.39, 0.29) is 17.6 Å². The quantitative estimate of drug-likeness (QED) is 0.884. The van der Waals surface area contributed by atoms with Crippen LogP contribution in [0.15, 0.2) is 28.2 Å². The van der Waals surface area contributed by atoms with Crippen molar-refractivity contribution >= 4 is 28.3 Å². The van der Waals surface area contributed by atoms with Crippen molar-refractivity contribution in [3.8, 4) is 0 Å². The number of amides is 2. The Morgan fingerprint density at radius 3 is 2.90 bits per heavy atom. The summed E-state index contributed by atoms with van der Waals surface area (Å²) in [5.41, 5.74) is 0.358. The molecule has 3 heterocycles. The fourth-order valence-electron chi connectivity index (χ4n) is 2.03. The fourth-order valence-corrected chi connectivity index (χ4v) is 2.71. The maximum atomic E-state index is 12.2. The molecule has 2 aromatic rings. The normalized spacial score (nSPS) is 15.0. The molecule has 2 N–H and O–H groups in total. The summed E-state index contributed by atoms with van der Waals surface area (Å²) in [6.07, 6.45) is 1.43. The van der Waals surface area contributed by atoms with Gasteiger partial charge in [0.2, 0.25) is 0 Å². The van der Waals surface area contributed by atoms with Crippen molar-refractivity contribution in [2.75, 3.05) is 31.5 Å². The number of thiazole rings is 1. The first-order chi connectivity index (χ1) is 10.2. The molecular weight excluding hydrogens is 292 g/mol. The second-order valence-corrected chi connectivity index (χ2v) is 5.37.